The van der Waals surface area contributed by atoms with E-state index in [2.05, 4.69) is 235 Å². The zero-order chi connectivity index (χ0) is 42.8. The Kier molecular flexibility index (Phi) is 8.53. The molecule has 0 aliphatic heterocycles. The summed E-state index contributed by atoms with van der Waals surface area (Å²) in [6.45, 7) is 0. The molecule has 3 heteroatoms. The van der Waals surface area contributed by atoms with Crippen LogP contribution in [0.3, 0.4) is 0 Å². The van der Waals surface area contributed by atoms with Crippen molar-refractivity contribution < 1.29 is 0 Å². The van der Waals surface area contributed by atoms with Crippen LogP contribution in [0.25, 0.3) is 127 Å². The highest BCUT2D eigenvalue weighted by molar-refractivity contribution is 6.29. The van der Waals surface area contributed by atoms with Gasteiger partial charge in [0, 0.05) is 33.2 Å². The smallest absolute Gasteiger partial charge is 0.160 e. The molecule has 2 aromatic heterocycles. The van der Waals surface area contributed by atoms with Crippen LogP contribution in [0, 0.1) is 0 Å². The molecule has 11 aromatic carbocycles. The molecule has 0 bridgehead atoms. The molecule has 13 aromatic rings. The van der Waals surface area contributed by atoms with Crippen molar-refractivity contribution in [2.45, 2.75) is 0 Å². The monoisotopic (exact) mass is 825 g/mol. The minimum absolute atomic E-state index is 0.690. The summed E-state index contributed by atoms with van der Waals surface area (Å²) in [6, 6.07) is 85.2. The lowest BCUT2D eigenvalue weighted by Crippen LogP contribution is -1.98. The number of hydrogen-bond acceptors (Lipinski definition) is 2. The second kappa shape index (κ2) is 15.0. The van der Waals surface area contributed by atoms with Gasteiger partial charge in [0.05, 0.1) is 22.4 Å². The molecule has 0 radical (unpaired) electrons. The lowest BCUT2D eigenvalue weighted by atomic mass is 9.82. The molecule has 3 nitrogen and oxygen atoms in total. The summed E-state index contributed by atoms with van der Waals surface area (Å²) in [7, 11) is 0. The van der Waals surface area contributed by atoms with Crippen LogP contribution in [0.4, 0.5) is 0 Å². The molecule has 0 aliphatic rings. The molecule has 0 N–H and O–H groups in total. The molecule has 13 rings (SSSR count). The lowest BCUT2D eigenvalue weighted by molar-refractivity contribution is 1.18. The quantitative estimate of drug-likeness (QED) is 0.123. The van der Waals surface area contributed by atoms with Crippen molar-refractivity contribution in [1.29, 1.82) is 0 Å². The Morgan fingerprint density at radius 2 is 0.831 bits per heavy atom. The van der Waals surface area contributed by atoms with Gasteiger partial charge in [-0.25, -0.2) is 9.97 Å². The van der Waals surface area contributed by atoms with Gasteiger partial charge in [-0.1, -0.05) is 206 Å². The Labute approximate surface area is 376 Å². The van der Waals surface area contributed by atoms with E-state index < -0.39 is 0 Å². The Morgan fingerprint density at radius 3 is 1.57 bits per heavy atom. The molecule has 0 saturated carbocycles. The summed E-state index contributed by atoms with van der Waals surface area (Å²) >= 11 is 0. The SMILES string of the molecule is c1ccc(-c2nc(-c3ccc(-c4c5ccccc5c(-c5ccccc5)c5c4ccc4ccccc45)c4ccccc34)cc(-c3cccc4c3c3ccccc3n4-c3ccccc3)n2)cc1. The number of benzene rings is 11. The van der Waals surface area contributed by atoms with Crippen LogP contribution in [0.15, 0.2) is 237 Å². The third-order valence-corrected chi connectivity index (χ3v) is 13.2. The summed E-state index contributed by atoms with van der Waals surface area (Å²) < 4.78 is 2.36. The van der Waals surface area contributed by atoms with Gasteiger partial charge < -0.3 is 4.57 Å². The fourth-order valence-electron chi connectivity index (χ4n) is 10.4. The van der Waals surface area contributed by atoms with Gasteiger partial charge in [0.1, 0.15) is 0 Å². The summed E-state index contributed by atoms with van der Waals surface area (Å²) in [5.41, 5.74) is 13.2. The average molecular weight is 826 g/mol. The summed E-state index contributed by atoms with van der Waals surface area (Å²) in [5.74, 6) is 0.690. The van der Waals surface area contributed by atoms with Crippen molar-refractivity contribution in [2.24, 2.45) is 0 Å². The van der Waals surface area contributed by atoms with Crippen LogP contribution in [-0.2, 0) is 0 Å². The highest BCUT2D eigenvalue weighted by Crippen LogP contribution is 2.49. The van der Waals surface area contributed by atoms with Gasteiger partial charge in [-0.05, 0) is 95.7 Å². The van der Waals surface area contributed by atoms with E-state index in [1.807, 2.05) is 6.07 Å². The lowest BCUT2D eigenvalue weighted by Gasteiger charge is -2.21. The van der Waals surface area contributed by atoms with Crippen molar-refractivity contribution in [2.75, 3.05) is 0 Å². The molecule has 2 heterocycles. The van der Waals surface area contributed by atoms with Gasteiger partial charge in [-0.15, -0.1) is 0 Å². The number of aromatic nitrogens is 3. The summed E-state index contributed by atoms with van der Waals surface area (Å²) in [5, 5.41) is 12.1. The zero-order valence-corrected chi connectivity index (χ0v) is 35.4. The second-order valence-electron chi connectivity index (χ2n) is 16.8. The van der Waals surface area contributed by atoms with Gasteiger partial charge in [0.15, 0.2) is 5.82 Å². The fourth-order valence-corrected chi connectivity index (χ4v) is 10.4. The van der Waals surface area contributed by atoms with Gasteiger partial charge in [-0.3, -0.25) is 0 Å². The Morgan fingerprint density at radius 1 is 0.292 bits per heavy atom. The van der Waals surface area contributed by atoms with Crippen LogP contribution >= 0.6 is 0 Å². The van der Waals surface area contributed by atoms with Crippen molar-refractivity contribution in [1.82, 2.24) is 14.5 Å². The molecule has 0 aliphatic carbocycles. The molecule has 302 valence electrons. The first-order valence-electron chi connectivity index (χ1n) is 22.2. The van der Waals surface area contributed by atoms with E-state index in [9.17, 15) is 0 Å². The molecular weight excluding hydrogens is 787 g/mol. The Hall–Kier alpha value is -8.66. The zero-order valence-electron chi connectivity index (χ0n) is 35.4. The van der Waals surface area contributed by atoms with Gasteiger partial charge >= 0.3 is 0 Å². The maximum atomic E-state index is 5.41. The van der Waals surface area contributed by atoms with Gasteiger partial charge in [0.25, 0.3) is 0 Å². The van der Waals surface area contributed by atoms with Gasteiger partial charge in [-0.2, -0.15) is 0 Å². The van der Waals surface area contributed by atoms with Crippen LogP contribution in [-0.4, -0.2) is 14.5 Å². The molecule has 0 unspecified atom stereocenters. The maximum Gasteiger partial charge on any atom is 0.160 e. The van der Waals surface area contributed by atoms with E-state index in [0.29, 0.717) is 5.82 Å². The topological polar surface area (TPSA) is 30.7 Å². The molecular formula is C62H39N3. The van der Waals surface area contributed by atoms with E-state index in [4.69, 9.17) is 9.97 Å². The van der Waals surface area contributed by atoms with E-state index in [-0.39, 0.29) is 0 Å². The second-order valence-corrected chi connectivity index (χ2v) is 16.8. The van der Waals surface area contributed by atoms with Crippen molar-refractivity contribution in [3.63, 3.8) is 0 Å². The highest BCUT2D eigenvalue weighted by Gasteiger charge is 2.23. The first kappa shape index (κ1) is 36.9. The minimum atomic E-state index is 0.690. The fraction of sp³-hybridized carbons (Fsp3) is 0. The van der Waals surface area contributed by atoms with Crippen LogP contribution in [0.5, 0.6) is 0 Å². The Balaban J connectivity index is 1.08. The van der Waals surface area contributed by atoms with E-state index in [1.165, 1.54) is 70.7 Å². The molecule has 0 saturated heterocycles. The summed E-state index contributed by atoms with van der Waals surface area (Å²) in [4.78, 5) is 10.8. The number of rotatable bonds is 6. The van der Waals surface area contributed by atoms with Crippen LogP contribution < -0.4 is 0 Å². The Bertz CT molecular complexity index is 3980. The van der Waals surface area contributed by atoms with E-state index >= 15 is 0 Å². The molecule has 0 spiro atoms. The standard InChI is InChI=1S/C62H39N3/c1-4-20-41(21-5-1)58-48-29-14-15-30-49(48)59(53-36-35-40-19-10-11-26-44(40)61(53)58)50-38-37-47(45-27-12-13-28-46(45)50)54-39-55(64-62(63-54)42-22-6-2-7-23-42)51-32-18-34-57-60(51)52-31-16-17-33-56(52)65(57)43-24-8-3-9-25-43/h1-39H. The number of para-hydroxylation sites is 2. The van der Waals surface area contributed by atoms with E-state index in [1.54, 1.807) is 0 Å². The maximum absolute atomic E-state index is 5.41. The predicted molar refractivity (Wildman–Crippen MR) is 274 cm³/mol. The third-order valence-electron chi connectivity index (χ3n) is 13.2. The van der Waals surface area contributed by atoms with Crippen molar-refractivity contribution in [3.05, 3.63) is 237 Å². The first-order chi connectivity index (χ1) is 32.3. The average Bonchev–Trinajstić information content (AvgIpc) is 3.73. The van der Waals surface area contributed by atoms with Crippen molar-refractivity contribution >= 4 is 64.9 Å². The number of nitrogens with zero attached hydrogens (tertiary/aromatic N) is 3. The highest BCUT2D eigenvalue weighted by atomic mass is 15.0. The molecule has 65 heavy (non-hydrogen) atoms. The van der Waals surface area contributed by atoms with Crippen LogP contribution in [0.1, 0.15) is 0 Å². The third kappa shape index (κ3) is 5.90. The predicted octanol–water partition coefficient (Wildman–Crippen LogP) is 16.5. The van der Waals surface area contributed by atoms with Crippen LogP contribution in [0.2, 0.25) is 0 Å². The number of hydrogen-bond donors (Lipinski definition) is 0. The molecule has 0 amide bonds. The molecule has 0 fully saturated rings. The van der Waals surface area contributed by atoms with E-state index in [0.717, 1.165) is 50.2 Å². The van der Waals surface area contributed by atoms with Gasteiger partial charge in [0.2, 0.25) is 0 Å². The minimum Gasteiger partial charge on any atom is -0.309 e. The molecule has 0 atom stereocenters. The van der Waals surface area contributed by atoms with Crippen molar-refractivity contribution in [3.8, 4) is 61.8 Å². The summed E-state index contributed by atoms with van der Waals surface area (Å²) in [6.07, 6.45) is 0. The first-order valence-corrected chi connectivity index (χ1v) is 22.2. The normalized spacial score (nSPS) is 11.7. The largest absolute Gasteiger partial charge is 0.309 e. The number of fused-ring (bicyclic) bond motifs is 8.